The first-order valence-electron chi connectivity index (χ1n) is 12.8. The minimum atomic E-state index is -4.49. The van der Waals surface area contributed by atoms with Gasteiger partial charge in [-0.3, -0.25) is 4.79 Å². The van der Waals surface area contributed by atoms with Crippen molar-refractivity contribution in [2.75, 3.05) is 39.9 Å². The van der Waals surface area contributed by atoms with Gasteiger partial charge in [-0.15, -0.1) is 0 Å². The van der Waals surface area contributed by atoms with Crippen LogP contribution < -0.4 is 24.3 Å². The van der Waals surface area contributed by atoms with Gasteiger partial charge >= 0.3 is 12.2 Å². The standard InChI is InChI=1S/C29H27F3N4O6/c1-35(28(38)33-19-7-5-18(6-8-19)29(30,31)32)15-27(37)36-23(17-4-11-24-26(12-17)42-16-41-24)14-22(34-36)21-10-9-20(39-2)13-25(21)40-3/h4-13,23H,14-16H2,1-3H3,(H,33,38). The maximum atomic E-state index is 13.6. The van der Waals surface area contributed by atoms with Gasteiger partial charge in [-0.1, -0.05) is 6.07 Å². The monoisotopic (exact) mass is 584 g/mol. The summed E-state index contributed by atoms with van der Waals surface area (Å²) in [5.41, 5.74) is 1.32. The Morgan fingerprint density at radius 1 is 1.02 bits per heavy atom. The van der Waals surface area contributed by atoms with Crippen LogP contribution in [0.5, 0.6) is 23.0 Å². The fraction of sp³-hybridized carbons (Fsp3) is 0.276. The fourth-order valence-electron chi connectivity index (χ4n) is 4.63. The molecule has 42 heavy (non-hydrogen) atoms. The first-order chi connectivity index (χ1) is 20.1. The number of hydrogen-bond acceptors (Lipinski definition) is 7. The molecular formula is C29H27F3N4O6. The number of carbonyl (C=O) groups is 2. The maximum Gasteiger partial charge on any atom is 0.416 e. The fourth-order valence-corrected chi connectivity index (χ4v) is 4.63. The van der Waals surface area contributed by atoms with Gasteiger partial charge in [0.05, 0.1) is 31.5 Å². The summed E-state index contributed by atoms with van der Waals surface area (Å²) in [5, 5.41) is 8.47. The van der Waals surface area contributed by atoms with Gasteiger partial charge in [0.2, 0.25) is 6.79 Å². The van der Waals surface area contributed by atoms with E-state index in [4.69, 9.17) is 18.9 Å². The Bertz CT molecular complexity index is 1530. The van der Waals surface area contributed by atoms with Gasteiger partial charge in [0.25, 0.3) is 5.91 Å². The molecule has 2 aliphatic rings. The number of likely N-dealkylation sites (N-methyl/N-ethyl adjacent to an activating group) is 1. The summed E-state index contributed by atoms with van der Waals surface area (Å²) in [7, 11) is 4.47. The number of hydrazone groups is 1. The van der Waals surface area contributed by atoms with Gasteiger partial charge in [0.1, 0.15) is 18.0 Å². The van der Waals surface area contributed by atoms with Crippen LogP contribution in [0.15, 0.2) is 65.8 Å². The molecule has 1 unspecified atom stereocenters. The van der Waals surface area contributed by atoms with Crippen molar-refractivity contribution in [3.8, 4) is 23.0 Å². The molecule has 0 aromatic heterocycles. The lowest BCUT2D eigenvalue weighted by Crippen LogP contribution is -2.41. The van der Waals surface area contributed by atoms with Crippen molar-refractivity contribution in [1.29, 1.82) is 0 Å². The number of fused-ring (bicyclic) bond motifs is 1. The third-order valence-corrected chi connectivity index (χ3v) is 6.85. The summed E-state index contributed by atoms with van der Waals surface area (Å²) in [6, 6.07) is 13.5. The van der Waals surface area contributed by atoms with E-state index < -0.39 is 29.7 Å². The number of benzene rings is 3. The van der Waals surface area contributed by atoms with Crippen molar-refractivity contribution in [3.63, 3.8) is 0 Å². The van der Waals surface area contributed by atoms with E-state index in [0.29, 0.717) is 40.7 Å². The van der Waals surface area contributed by atoms with E-state index in [1.165, 1.54) is 19.2 Å². The topological polar surface area (TPSA) is 102 Å². The summed E-state index contributed by atoms with van der Waals surface area (Å²) < 4.78 is 60.4. The zero-order valence-electron chi connectivity index (χ0n) is 22.9. The molecule has 0 aliphatic carbocycles. The lowest BCUT2D eigenvalue weighted by atomic mass is 9.97. The van der Waals surface area contributed by atoms with E-state index in [-0.39, 0.29) is 19.0 Å². The van der Waals surface area contributed by atoms with Crippen LogP contribution >= 0.6 is 0 Å². The summed E-state index contributed by atoms with van der Waals surface area (Å²) in [6.45, 7) is -0.264. The minimum absolute atomic E-state index is 0.0930. The number of ether oxygens (including phenoxy) is 4. The van der Waals surface area contributed by atoms with Crippen molar-refractivity contribution >= 4 is 23.3 Å². The van der Waals surface area contributed by atoms with Crippen LogP contribution in [0.2, 0.25) is 0 Å². The van der Waals surface area contributed by atoms with Crippen LogP contribution in [0.4, 0.5) is 23.7 Å². The van der Waals surface area contributed by atoms with Gasteiger partial charge in [-0.2, -0.15) is 18.3 Å². The molecule has 5 rings (SSSR count). The molecule has 10 nitrogen and oxygen atoms in total. The van der Waals surface area contributed by atoms with E-state index in [9.17, 15) is 22.8 Å². The van der Waals surface area contributed by atoms with Crippen LogP contribution in [0.25, 0.3) is 0 Å². The van der Waals surface area contributed by atoms with Crippen molar-refractivity contribution < 1.29 is 41.7 Å². The first kappa shape index (κ1) is 28.6. The largest absolute Gasteiger partial charge is 0.497 e. The molecule has 1 N–H and O–H groups in total. The molecule has 220 valence electrons. The lowest BCUT2D eigenvalue weighted by molar-refractivity contribution is -0.137. The Kier molecular flexibility index (Phi) is 7.83. The van der Waals surface area contributed by atoms with Crippen molar-refractivity contribution in [2.24, 2.45) is 5.10 Å². The number of methoxy groups -OCH3 is 2. The number of hydrogen-bond donors (Lipinski definition) is 1. The van der Waals surface area contributed by atoms with Crippen molar-refractivity contribution in [3.05, 3.63) is 77.4 Å². The first-order valence-corrected chi connectivity index (χ1v) is 12.8. The predicted molar refractivity (Wildman–Crippen MR) is 146 cm³/mol. The SMILES string of the molecule is COc1ccc(C2=NN(C(=O)CN(C)C(=O)Nc3ccc(C(F)(F)F)cc3)C(c3ccc4c(c3)OCO4)C2)c(OC)c1. The molecular weight excluding hydrogens is 557 g/mol. The van der Waals surface area contributed by atoms with E-state index in [0.717, 1.165) is 34.7 Å². The Labute approximate surface area is 239 Å². The molecule has 0 radical (unpaired) electrons. The Hall–Kier alpha value is -4.94. The van der Waals surface area contributed by atoms with Gasteiger partial charge in [0, 0.05) is 30.8 Å². The number of amides is 3. The number of anilines is 1. The number of nitrogens with one attached hydrogen (secondary N) is 1. The van der Waals surface area contributed by atoms with E-state index in [2.05, 4.69) is 10.4 Å². The second-order valence-electron chi connectivity index (χ2n) is 9.55. The van der Waals surface area contributed by atoms with Crippen molar-refractivity contribution in [1.82, 2.24) is 9.91 Å². The van der Waals surface area contributed by atoms with Crippen molar-refractivity contribution in [2.45, 2.75) is 18.6 Å². The highest BCUT2D eigenvalue weighted by molar-refractivity contribution is 6.05. The smallest absolute Gasteiger partial charge is 0.416 e. The summed E-state index contributed by atoms with van der Waals surface area (Å²) in [5.74, 6) is 1.76. The number of rotatable bonds is 7. The quantitative estimate of drug-likeness (QED) is 0.405. The molecule has 3 aromatic rings. The molecule has 0 fully saturated rings. The zero-order chi connectivity index (χ0) is 30.0. The second kappa shape index (κ2) is 11.5. The van der Waals surface area contributed by atoms with Gasteiger partial charge in [-0.25, -0.2) is 9.80 Å². The number of nitrogens with zero attached hydrogens (tertiary/aromatic N) is 3. The molecule has 0 bridgehead atoms. The third kappa shape index (κ3) is 5.90. The molecule has 2 heterocycles. The maximum absolute atomic E-state index is 13.6. The van der Waals surface area contributed by atoms with Gasteiger partial charge in [-0.05, 0) is 54.1 Å². The number of urea groups is 1. The van der Waals surface area contributed by atoms with E-state index in [1.54, 1.807) is 37.4 Å². The van der Waals surface area contributed by atoms with Gasteiger partial charge < -0.3 is 29.2 Å². The highest BCUT2D eigenvalue weighted by atomic mass is 19.4. The number of halogens is 3. The number of carbonyl (C=O) groups excluding carboxylic acids is 2. The average molecular weight is 585 g/mol. The third-order valence-electron chi connectivity index (χ3n) is 6.85. The summed E-state index contributed by atoms with van der Waals surface area (Å²) in [4.78, 5) is 27.5. The van der Waals surface area contributed by atoms with Crippen LogP contribution in [0.3, 0.4) is 0 Å². The highest BCUT2D eigenvalue weighted by Gasteiger charge is 2.36. The highest BCUT2D eigenvalue weighted by Crippen LogP contribution is 2.40. The Morgan fingerprint density at radius 2 is 1.76 bits per heavy atom. The lowest BCUT2D eigenvalue weighted by Gasteiger charge is -2.25. The molecule has 13 heteroatoms. The summed E-state index contributed by atoms with van der Waals surface area (Å²) in [6.07, 6.45) is -4.15. The van der Waals surface area contributed by atoms with Crippen LogP contribution in [-0.4, -0.2) is 62.2 Å². The second-order valence-corrected chi connectivity index (χ2v) is 9.55. The molecule has 3 aromatic carbocycles. The minimum Gasteiger partial charge on any atom is -0.497 e. The van der Waals surface area contributed by atoms with E-state index in [1.807, 2.05) is 6.07 Å². The van der Waals surface area contributed by atoms with Crippen LogP contribution in [-0.2, 0) is 11.0 Å². The number of alkyl halides is 3. The Morgan fingerprint density at radius 3 is 2.45 bits per heavy atom. The normalized spacial score (nSPS) is 15.7. The predicted octanol–water partition coefficient (Wildman–Crippen LogP) is 5.29. The molecule has 3 amide bonds. The van der Waals surface area contributed by atoms with E-state index >= 15 is 0 Å². The van der Waals surface area contributed by atoms with Crippen LogP contribution in [0, 0.1) is 0 Å². The zero-order valence-corrected chi connectivity index (χ0v) is 22.9. The molecule has 0 spiro atoms. The van der Waals surface area contributed by atoms with Crippen LogP contribution in [0.1, 0.15) is 29.2 Å². The molecule has 2 aliphatic heterocycles. The molecule has 0 saturated heterocycles. The Balaban J connectivity index is 1.37. The average Bonchev–Trinajstić information content (AvgIpc) is 3.63. The molecule has 1 atom stereocenters. The summed E-state index contributed by atoms with van der Waals surface area (Å²) >= 11 is 0. The molecule has 0 saturated carbocycles. The van der Waals surface area contributed by atoms with Gasteiger partial charge in [0.15, 0.2) is 11.5 Å².